The third-order valence-electron chi connectivity index (χ3n) is 3.72. The summed E-state index contributed by atoms with van der Waals surface area (Å²) in [7, 11) is 2.15. The van der Waals surface area contributed by atoms with Crippen molar-refractivity contribution in [3.05, 3.63) is 22.8 Å². The summed E-state index contributed by atoms with van der Waals surface area (Å²) >= 11 is 6.24. The van der Waals surface area contributed by atoms with Crippen LogP contribution in [0.25, 0.3) is 0 Å². The molecule has 1 N–H and O–H groups in total. The molecule has 4 nitrogen and oxygen atoms in total. The number of likely N-dealkylation sites (N-methyl/N-ethyl adjacent to an activating group) is 1. The van der Waals surface area contributed by atoms with E-state index in [2.05, 4.69) is 35.7 Å². The zero-order chi connectivity index (χ0) is 13.3. The predicted molar refractivity (Wildman–Crippen MR) is 74.1 cm³/mol. The van der Waals surface area contributed by atoms with Gasteiger partial charge in [0.15, 0.2) is 0 Å². The molecule has 2 atom stereocenters. The van der Waals surface area contributed by atoms with Crippen LogP contribution >= 0.6 is 11.6 Å². The largest absolute Gasteiger partial charge is 0.392 e. The van der Waals surface area contributed by atoms with Gasteiger partial charge in [-0.1, -0.05) is 11.6 Å². The highest BCUT2D eigenvalue weighted by Crippen LogP contribution is 2.27. The molecular weight excluding hydrogens is 250 g/mol. The molecule has 0 aromatic carbocycles. The fourth-order valence-corrected chi connectivity index (χ4v) is 2.68. The predicted octanol–water partition coefficient (Wildman–Crippen LogP) is 1.76. The van der Waals surface area contributed by atoms with Crippen LogP contribution in [0, 0.1) is 0 Å². The molecule has 0 spiro atoms. The Morgan fingerprint density at radius 3 is 2.50 bits per heavy atom. The van der Waals surface area contributed by atoms with Gasteiger partial charge in [-0.2, -0.15) is 0 Å². The van der Waals surface area contributed by atoms with Crippen LogP contribution in [0.3, 0.4) is 0 Å². The Morgan fingerprint density at radius 2 is 2.00 bits per heavy atom. The van der Waals surface area contributed by atoms with Gasteiger partial charge in [0.05, 0.1) is 11.6 Å². The molecule has 1 aliphatic heterocycles. The van der Waals surface area contributed by atoms with Crippen LogP contribution in [0.5, 0.6) is 0 Å². The van der Waals surface area contributed by atoms with Crippen LogP contribution in [0.15, 0.2) is 12.3 Å². The second kappa shape index (κ2) is 5.43. The number of anilines is 1. The number of aromatic nitrogens is 1. The van der Waals surface area contributed by atoms with Gasteiger partial charge in [-0.05, 0) is 32.5 Å². The van der Waals surface area contributed by atoms with Crippen LogP contribution in [0.2, 0.25) is 5.02 Å². The summed E-state index contributed by atoms with van der Waals surface area (Å²) in [5.74, 6) is 0.820. The quantitative estimate of drug-likeness (QED) is 0.888. The summed E-state index contributed by atoms with van der Waals surface area (Å²) in [6.07, 6.45) is 1.69. The first-order valence-electron chi connectivity index (χ1n) is 6.25. The fraction of sp³-hybridized carbons (Fsp3) is 0.615. The van der Waals surface area contributed by atoms with Crippen molar-refractivity contribution in [2.75, 3.05) is 25.0 Å². The van der Waals surface area contributed by atoms with Crippen LogP contribution in [0.1, 0.15) is 19.4 Å². The molecule has 2 unspecified atom stereocenters. The van der Waals surface area contributed by atoms with Crippen molar-refractivity contribution in [3.8, 4) is 0 Å². The third kappa shape index (κ3) is 2.60. The van der Waals surface area contributed by atoms with Gasteiger partial charge >= 0.3 is 0 Å². The number of hydrogen-bond donors (Lipinski definition) is 1. The van der Waals surface area contributed by atoms with Crippen molar-refractivity contribution in [2.24, 2.45) is 0 Å². The van der Waals surface area contributed by atoms with Gasteiger partial charge in [0.2, 0.25) is 0 Å². The maximum absolute atomic E-state index is 9.06. The highest BCUT2D eigenvalue weighted by molar-refractivity contribution is 6.33. The Hall–Kier alpha value is -0.840. The minimum Gasteiger partial charge on any atom is -0.392 e. The van der Waals surface area contributed by atoms with E-state index in [4.69, 9.17) is 16.7 Å². The number of aliphatic hydroxyl groups excluding tert-OH is 1. The maximum atomic E-state index is 9.06. The van der Waals surface area contributed by atoms with Crippen molar-refractivity contribution in [1.82, 2.24) is 9.88 Å². The lowest BCUT2D eigenvalue weighted by atomic mass is 10.1. The molecule has 1 aromatic rings. The van der Waals surface area contributed by atoms with Crippen LogP contribution in [-0.4, -0.2) is 47.2 Å². The van der Waals surface area contributed by atoms with E-state index in [1.54, 1.807) is 12.3 Å². The number of hydrogen-bond acceptors (Lipinski definition) is 4. The smallest absolute Gasteiger partial charge is 0.147 e. The van der Waals surface area contributed by atoms with Gasteiger partial charge in [0.25, 0.3) is 0 Å². The first-order valence-corrected chi connectivity index (χ1v) is 6.63. The van der Waals surface area contributed by atoms with Gasteiger partial charge < -0.3 is 10.0 Å². The minimum atomic E-state index is -0.0253. The molecule has 1 aromatic heterocycles. The first kappa shape index (κ1) is 13.6. The Bertz CT molecular complexity index is 415. The van der Waals surface area contributed by atoms with Crippen molar-refractivity contribution >= 4 is 17.4 Å². The molecule has 0 saturated carbocycles. The standard InChI is InChI=1S/C13H20ClN3O/c1-9-6-17(7-10(2)16(9)3)13-12(14)4-11(8-18)5-15-13/h4-5,9-10,18H,6-8H2,1-3H3. The number of halogens is 1. The summed E-state index contributed by atoms with van der Waals surface area (Å²) in [5.41, 5.74) is 0.749. The number of aliphatic hydroxyl groups is 1. The Balaban J connectivity index is 2.21. The second-order valence-corrected chi connectivity index (χ2v) is 5.48. The molecule has 0 aliphatic carbocycles. The van der Waals surface area contributed by atoms with Crippen LogP contribution < -0.4 is 4.90 Å². The molecule has 1 saturated heterocycles. The topological polar surface area (TPSA) is 39.6 Å². The fourth-order valence-electron chi connectivity index (χ4n) is 2.37. The van der Waals surface area contributed by atoms with E-state index in [1.165, 1.54) is 0 Å². The molecule has 1 aliphatic rings. The summed E-state index contributed by atoms with van der Waals surface area (Å²) in [5, 5.41) is 9.68. The Labute approximate surface area is 113 Å². The van der Waals surface area contributed by atoms with E-state index < -0.39 is 0 Å². The van der Waals surface area contributed by atoms with E-state index in [-0.39, 0.29) is 6.61 Å². The lowest BCUT2D eigenvalue weighted by Gasteiger charge is -2.43. The molecule has 0 amide bonds. The van der Waals surface area contributed by atoms with Crippen molar-refractivity contribution in [2.45, 2.75) is 32.5 Å². The normalized spacial score (nSPS) is 25.5. The summed E-state index contributed by atoms with van der Waals surface area (Å²) < 4.78 is 0. The second-order valence-electron chi connectivity index (χ2n) is 5.08. The Morgan fingerprint density at radius 1 is 1.39 bits per heavy atom. The highest BCUT2D eigenvalue weighted by Gasteiger charge is 2.28. The van der Waals surface area contributed by atoms with Gasteiger partial charge in [0, 0.05) is 31.4 Å². The zero-order valence-electron chi connectivity index (χ0n) is 11.1. The van der Waals surface area contributed by atoms with E-state index in [0.29, 0.717) is 17.1 Å². The van der Waals surface area contributed by atoms with Crippen molar-refractivity contribution in [1.29, 1.82) is 0 Å². The third-order valence-corrected chi connectivity index (χ3v) is 4.00. The van der Waals surface area contributed by atoms with E-state index >= 15 is 0 Å². The maximum Gasteiger partial charge on any atom is 0.147 e. The Kier molecular flexibility index (Phi) is 4.10. The van der Waals surface area contributed by atoms with Gasteiger partial charge in [-0.15, -0.1) is 0 Å². The van der Waals surface area contributed by atoms with Crippen molar-refractivity contribution < 1.29 is 5.11 Å². The monoisotopic (exact) mass is 269 g/mol. The molecule has 1 fully saturated rings. The van der Waals surface area contributed by atoms with E-state index in [0.717, 1.165) is 24.5 Å². The first-order chi connectivity index (χ1) is 8.52. The number of piperazine rings is 1. The average molecular weight is 270 g/mol. The SMILES string of the molecule is CC1CN(c2ncc(CO)cc2Cl)CC(C)N1C. The van der Waals surface area contributed by atoms with Crippen LogP contribution in [0.4, 0.5) is 5.82 Å². The molecule has 2 rings (SSSR count). The molecule has 0 bridgehead atoms. The summed E-state index contributed by atoms with van der Waals surface area (Å²) in [4.78, 5) is 8.97. The summed E-state index contributed by atoms with van der Waals surface area (Å²) in [6.45, 7) is 6.23. The molecule has 5 heteroatoms. The number of nitrogens with zero attached hydrogens (tertiary/aromatic N) is 3. The van der Waals surface area contributed by atoms with Gasteiger partial charge in [0.1, 0.15) is 5.82 Å². The number of pyridine rings is 1. The lowest BCUT2D eigenvalue weighted by Crippen LogP contribution is -2.55. The van der Waals surface area contributed by atoms with E-state index in [9.17, 15) is 0 Å². The average Bonchev–Trinajstić information content (AvgIpc) is 2.35. The molecule has 0 radical (unpaired) electrons. The van der Waals surface area contributed by atoms with Gasteiger partial charge in [-0.25, -0.2) is 4.98 Å². The molecule has 100 valence electrons. The molecule has 2 heterocycles. The molecule has 18 heavy (non-hydrogen) atoms. The molecular formula is C13H20ClN3O. The highest BCUT2D eigenvalue weighted by atomic mass is 35.5. The minimum absolute atomic E-state index is 0.0253. The van der Waals surface area contributed by atoms with E-state index in [1.807, 2.05) is 0 Å². The van der Waals surface area contributed by atoms with Crippen LogP contribution in [-0.2, 0) is 6.61 Å². The zero-order valence-corrected chi connectivity index (χ0v) is 11.9. The van der Waals surface area contributed by atoms with Crippen molar-refractivity contribution in [3.63, 3.8) is 0 Å². The number of rotatable bonds is 2. The van der Waals surface area contributed by atoms with Gasteiger partial charge in [-0.3, -0.25) is 4.90 Å². The summed E-state index contributed by atoms with van der Waals surface area (Å²) in [6, 6.07) is 2.74. The lowest BCUT2D eigenvalue weighted by molar-refractivity contribution is 0.169.